The van der Waals surface area contributed by atoms with Crippen LogP contribution in [-0.2, 0) is 16.4 Å². The Morgan fingerprint density at radius 3 is 2.75 bits per heavy atom. The quantitative estimate of drug-likeness (QED) is 0.489. The molecular formula is C22H22N6O3S. The highest BCUT2D eigenvalue weighted by Gasteiger charge is 2.26. The lowest BCUT2D eigenvalue weighted by Crippen LogP contribution is -2.24. The topological polar surface area (TPSA) is 127 Å². The van der Waals surface area contributed by atoms with Gasteiger partial charge in [-0.05, 0) is 48.4 Å². The van der Waals surface area contributed by atoms with Gasteiger partial charge in [-0.1, -0.05) is 6.07 Å². The monoisotopic (exact) mass is 450 g/mol. The van der Waals surface area contributed by atoms with Crippen LogP contribution in [-0.4, -0.2) is 53.4 Å². The number of aromatic amines is 1. The van der Waals surface area contributed by atoms with Crippen LogP contribution >= 0.6 is 0 Å². The molecule has 2 aromatic carbocycles. The van der Waals surface area contributed by atoms with E-state index in [-0.39, 0.29) is 16.8 Å². The minimum absolute atomic E-state index is 0.0228. The fraction of sp³-hybridized carbons (Fsp3) is 0.227. The van der Waals surface area contributed by atoms with Crippen molar-refractivity contribution >= 4 is 27.0 Å². The molecule has 3 heterocycles. The molecule has 2 aromatic heterocycles. The molecule has 3 N–H and O–H groups in total. The van der Waals surface area contributed by atoms with E-state index in [4.69, 9.17) is 15.5 Å². The minimum Gasteiger partial charge on any atom is -0.493 e. The van der Waals surface area contributed by atoms with E-state index in [1.54, 1.807) is 30.5 Å². The molecule has 0 fully saturated rings. The second kappa shape index (κ2) is 7.57. The summed E-state index contributed by atoms with van der Waals surface area (Å²) in [6, 6.07) is 12.7. The van der Waals surface area contributed by atoms with E-state index in [0.29, 0.717) is 18.8 Å². The van der Waals surface area contributed by atoms with Gasteiger partial charge in [0.2, 0.25) is 16.0 Å². The van der Waals surface area contributed by atoms with Crippen LogP contribution in [0.4, 0.5) is 5.95 Å². The third-order valence-corrected chi connectivity index (χ3v) is 7.38. The Morgan fingerprint density at radius 2 is 1.97 bits per heavy atom. The molecule has 1 atom stereocenters. The minimum atomic E-state index is -3.51. The zero-order chi connectivity index (χ0) is 22.5. The summed E-state index contributed by atoms with van der Waals surface area (Å²) in [5.41, 5.74) is 9.91. The Bertz CT molecular complexity index is 1430. The van der Waals surface area contributed by atoms with Crippen molar-refractivity contribution < 1.29 is 13.2 Å². The molecule has 10 heteroatoms. The van der Waals surface area contributed by atoms with Crippen molar-refractivity contribution in [3.63, 3.8) is 0 Å². The Balaban J connectivity index is 1.45. The summed E-state index contributed by atoms with van der Waals surface area (Å²) < 4.78 is 32.1. The summed E-state index contributed by atoms with van der Waals surface area (Å²) in [5.74, 6) is 1.71. The number of sulfonamides is 1. The standard InChI is InChI=1S/C22H22N6O3S/c1-28(2)32(29,30)16-4-6-20-14(10-16)9-15(12-31-20)21-25-18-5-3-13(11-19(18)26-21)17-7-8-24-22(23)27-17/h3-8,10-11,15H,9,12H2,1-2H3,(H,25,26)(H2,23,24,27). The van der Waals surface area contributed by atoms with Crippen molar-refractivity contribution in [1.29, 1.82) is 0 Å². The van der Waals surface area contributed by atoms with Gasteiger partial charge >= 0.3 is 0 Å². The maximum Gasteiger partial charge on any atom is 0.242 e. The third-order valence-electron chi connectivity index (χ3n) is 5.57. The van der Waals surface area contributed by atoms with Crippen molar-refractivity contribution in [1.82, 2.24) is 24.2 Å². The van der Waals surface area contributed by atoms with E-state index in [0.717, 1.165) is 33.7 Å². The van der Waals surface area contributed by atoms with E-state index >= 15 is 0 Å². The smallest absolute Gasteiger partial charge is 0.242 e. The number of ether oxygens (including phenoxy) is 1. The summed E-state index contributed by atoms with van der Waals surface area (Å²) in [4.78, 5) is 16.6. The molecule has 164 valence electrons. The first-order chi connectivity index (χ1) is 15.3. The van der Waals surface area contributed by atoms with Gasteiger partial charge in [0.15, 0.2) is 0 Å². The van der Waals surface area contributed by atoms with E-state index in [2.05, 4.69) is 15.0 Å². The van der Waals surface area contributed by atoms with Crippen LogP contribution < -0.4 is 10.5 Å². The van der Waals surface area contributed by atoms with E-state index in [9.17, 15) is 8.42 Å². The van der Waals surface area contributed by atoms with Gasteiger partial charge < -0.3 is 15.5 Å². The van der Waals surface area contributed by atoms with Crippen molar-refractivity contribution in [3.8, 4) is 17.0 Å². The Kier molecular flexibility index (Phi) is 4.83. The number of hydrogen-bond donors (Lipinski definition) is 2. The molecule has 1 unspecified atom stereocenters. The molecule has 0 saturated carbocycles. The molecule has 4 aromatic rings. The van der Waals surface area contributed by atoms with Crippen LogP contribution in [0.3, 0.4) is 0 Å². The molecule has 0 radical (unpaired) electrons. The molecule has 0 aliphatic carbocycles. The van der Waals surface area contributed by atoms with Crippen LogP contribution in [0.5, 0.6) is 5.75 Å². The number of anilines is 1. The average Bonchev–Trinajstić information content (AvgIpc) is 3.21. The SMILES string of the molecule is CN(C)S(=O)(=O)c1ccc2c(c1)CC(c1nc3ccc(-c4ccnc(N)n4)cc3[nH]1)CO2. The normalized spacial score (nSPS) is 16.2. The molecule has 9 nitrogen and oxygen atoms in total. The highest BCUT2D eigenvalue weighted by molar-refractivity contribution is 7.89. The predicted octanol–water partition coefficient (Wildman–Crippen LogP) is 2.57. The van der Waals surface area contributed by atoms with E-state index in [1.165, 1.54) is 18.4 Å². The van der Waals surface area contributed by atoms with Crippen molar-refractivity contribution in [2.24, 2.45) is 0 Å². The summed E-state index contributed by atoms with van der Waals surface area (Å²) >= 11 is 0. The van der Waals surface area contributed by atoms with Crippen LogP contribution in [0.1, 0.15) is 17.3 Å². The van der Waals surface area contributed by atoms with Crippen molar-refractivity contribution in [3.05, 3.63) is 60.0 Å². The number of nitrogens with one attached hydrogen (secondary N) is 1. The molecule has 32 heavy (non-hydrogen) atoms. The zero-order valence-corrected chi connectivity index (χ0v) is 18.4. The summed E-state index contributed by atoms with van der Waals surface area (Å²) in [5, 5.41) is 0. The van der Waals surface area contributed by atoms with E-state index < -0.39 is 10.0 Å². The van der Waals surface area contributed by atoms with Gasteiger partial charge in [0.1, 0.15) is 11.6 Å². The first-order valence-corrected chi connectivity index (χ1v) is 11.5. The van der Waals surface area contributed by atoms with E-state index in [1.807, 2.05) is 18.2 Å². The van der Waals surface area contributed by atoms with Gasteiger partial charge in [-0.3, -0.25) is 0 Å². The largest absolute Gasteiger partial charge is 0.493 e. The van der Waals surface area contributed by atoms with Gasteiger partial charge in [0.25, 0.3) is 0 Å². The van der Waals surface area contributed by atoms with Gasteiger partial charge in [0.05, 0.1) is 34.1 Å². The maximum atomic E-state index is 12.5. The van der Waals surface area contributed by atoms with Gasteiger partial charge in [-0.2, -0.15) is 0 Å². The van der Waals surface area contributed by atoms with Crippen LogP contribution in [0.2, 0.25) is 0 Å². The van der Waals surface area contributed by atoms with Crippen LogP contribution in [0, 0.1) is 0 Å². The molecule has 5 rings (SSSR count). The average molecular weight is 451 g/mol. The summed E-state index contributed by atoms with van der Waals surface area (Å²) in [6.07, 6.45) is 2.25. The molecule has 1 aliphatic heterocycles. The Hall–Kier alpha value is -3.50. The third kappa shape index (κ3) is 3.57. The fourth-order valence-electron chi connectivity index (χ4n) is 3.83. The number of nitrogens with two attached hydrogens (primary N) is 1. The molecule has 1 aliphatic rings. The van der Waals surface area contributed by atoms with Gasteiger partial charge in [-0.15, -0.1) is 0 Å². The number of benzene rings is 2. The first-order valence-electron chi connectivity index (χ1n) is 10.1. The second-order valence-electron chi connectivity index (χ2n) is 7.92. The lowest BCUT2D eigenvalue weighted by molar-refractivity contribution is 0.258. The zero-order valence-electron chi connectivity index (χ0n) is 17.6. The lowest BCUT2D eigenvalue weighted by atomic mass is 9.96. The van der Waals surface area contributed by atoms with Crippen molar-refractivity contribution in [2.75, 3.05) is 26.4 Å². The summed E-state index contributed by atoms with van der Waals surface area (Å²) in [6.45, 7) is 0.460. The Labute approximate surface area is 185 Å². The number of rotatable bonds is 4. The molecule has 0 spiro atoms. The number of H-pyrrole nitrogens is 1. The maximum absolute atomic E-state index is 12.5. The molecule has 0 bridgehead atoms. The molecule has 0 amide bonds. The number of fused-ring (bicyclic) bond motifs is 2. The predicted molar refractivity (Wildman–Crippen MR) is 121 cm³/mol. The fourth-order valence-corrected chi connectivity index (χ4v) is 4.79. The van der Waals surface area contributed by atoms with Crippen molar-refractivity contribution in [2.45, 2.75) is 17.2 Å². The number of nitrogen functional groups attached to an aromatic ring is 1. The Morgan fingerprint density at radius 1 is 1.12 bits per heavy atom. The second-order valence-corrected chi connectivity index (χ2v) is 10.1. The highest BCUT2D eigenvalue weighted by Crippen LogP contribution is 2.34. The van der Waals surface area contributed by atoms with Crippen LogP contribution in [0.15, 0.2) is 53.6 Å². The molecule has 0 saturated heterocycles. The van der Waals surface area contributed by atoms with Gasteiger partial charge in [0, 0.05) is 25.9 Å². The summed E-state index contributed by atoms with van der Waals surface area (Å²) in [7, 11) is -0.471. The number of imidazole rings is 1. The first kappa shape index (κ1) is 20.4. The number of aromatic nitrogens is 4. The van der Waals surface area contributed by atoms with Gasteiger partial charge in [-0.25, -0.2) is 27.7 Å². The number of nitrogens with zero attached hydrogens (tertiary/aromatic N) is 4. The molecular weight excluding hydrogens is 428 g/mol. The lowest BCUT2D eigenvalue weighted by Gasteiger charge is -2.24. The highest BCUT2D eigenvalue weighted by atomic mass is 32.2. The van der Waals surface area contributed by atoms with Crippen LogP contribution in [0.25, 0.3) is 22.3 Å². The number of hydrogen-bond acceptors (Lipinski definition) is 7.